The molecule has 0 saturated carbocycles. The Hall–Kier alpha value is -2.90. The van der Waals surface area contributed by atoms with Crippen LogP contribution in [0.4, 0.5) is 11.5 Å². The van der Waals surface area contributed by atoms with Gasteiger partial charge in [0, 0.05) is 25.4 Å². The summed E-state index contributed by atoms with van der Waals surface area (Å²) in [7, 11) is 0. The molecule has 0 aromatic carbocycles. The predicted molar refractivity (Wildman–Crippen MR) is 85.6 cm³/mol. The van der Waals surface area contributed by atoms with Gasteiger partial charge in [-0.3, -0.25) is 19.1 Å². The third-order valence-corrected chi connectivity index (χ3v) is 3.67. The van der Waals surface area contributed by atoms with E-state index in [9.17, 15) is 14.4 Å². The summed E-state index contributed by atoms with van der Waals surface area (Å²) in [5.41, 5.74) is -0.543. The Balaban J connectivity index is 1.63. The Bertz CT molecular complexity index is 803. The molecule has 3 heterocycles. The number of pyridine rings is 1. The fraction of sp³-hybridized carbons (Fsp3) is 0.333. The first-order valence-corrected chi connectivity index (χ1v) is 7.42. The minimum absolute atomic E-state index is 0.177. The lowest BCUT2D eigenvalue weighted by molar-refractivity contribution is -0.116. The Morgan fingerprint density at radius 1 is 1.22 bits per heavy atom. The number of carbonyl (C=O) groups is 1. The number of aromatic amines is 1. The second kappa shape index (κ2) is 6.47. The number of carbonyl (C=O) groups excluding carboxylic acids is 1. The second-order valence-electron chi connectivity index (χ2n) is 5.39. The Labute approximate surface area is 131 Å². The van der Waals surface area contributed by atoms with E-state index in [2.05, 4.69) is 20.2 Å². The lowest BCUT2D eigenvalue weighted by atomic mass is 10.3. The Morgan fingerprint density at radius 2 is 2.00 bits per heavy atom. The standard InChI is InChI=1S/C15H17N5O3/c21-13-5-8-20(15(23)18-13)10-14(22)17-11-3-4-12(16-9-11)19-6-1-2-7-19/h3-5,8-9H,1-2,6-7,10H2,(H,17,22)(H,18,21,23). The second-order valence-corrected chi connectivity index (χ2v) is 5.39. The van der Waals surface area contributed by atoms with Crippen molar-refractivity contribution in [3.05, 3.63) is 51.4 Å². The molecule has 2 N–H and O–H groups in total. The highest BCUT2D eigenvalue weighted by molar-refractivity contribution is 5.90. The van der Waals surface area contributed by atoms with Gasteiger partial charge < -0.3 is 10.2 Å². The van der Waals surface area contributed by atoms with E-state index in [-0.39, 0.29) is 12.5 Å². The smallest absolute Gasteiger partial charge is 0.328 e. The molecule has 2 aromatic heterocycles. The SMILES string of the molecule is O=C(Cn1ccc(=O)[nH]c1=O)Nc1ccc(N2CCCC2)nc1. The minimum Gasteiger partial charge on any atom is -0.357 e. The van der Waals surface area contributed by atoms with Crippen molar-refractivity contribution in [2.45, 2.75) is 19.4 Å². The molecule has 1 fully saturated rings. The first-order valence-electron chi connectivity index (χ1n) is 7.42. The van der Waals surface area contributed by atoms with Crippen molar-refractivity contribution in [2.75, 3.05) is 23.3 Å². The molecule has 1 aliphatic heterocycles. The summed E-state index contributed by atoms with van der Waals surface area (Å²) in [6.45, 7) is 1.84. The van der Waals surface area contributed by atoms with E-state index in [1.807, 2.05) is 6.07 Å². The van der Waals surface area contributed by atoms with Crippen LogP contribution in [0.5, 0.6) is 0 Å². The van der Waals surface area contributed by atoms with Gasteiger partial charge in [-0.1, -0.05) is 0 Å². The summed E-state index contributed by atoms with van der Waals surface area (Å²) in [6.07, 6.45) is 5.23. The monoisotopic (exact) mass is 315 g/mol. The number of anilines is 2. The van der Waals surface area contributed by atoms with Gasteiger partial charge in [0.2, 0.25) is 5.91 Å². The van der Waals surface area contributed by atoms with Crippen molar-refractivity contribution in [3.63, 3.8) is 0 Å². The van der Waals surface area contributed by atoms with Crippen molar-refractivity contribution >= 4 is 17.4 Å². The van der Waals surface area contributed by atoms with Gasteiger partial charge in [-0.25, -0.2) is 9.78 Å². The maximum absolute atomic E-state index is 12.0. The number of nitrogens with one attached hydrogen (secondary N) is 2. The van der Waals surface area contributed by atoms with Crippen LogP contribution in [0.1, 0.15) is 12.8 Å². The molecule has 0 aliphatic carbocycles. The number of rotatable bonds is 4. The average molecular weight is 315 g/mol. The lowest BCUT2D eigenvalue weighted by Crippen LogP contribution is -2.32. The molecule has 120 valence electrons. The number of amides is 1. The van der Waals surface area contributed by atoms with Gasteiger partial charge in [-0.2, -0.15) is 0 Å². The first kappa shape index (κ1) is 15.0. The molecule has 1 amide bonds. The fourth-order valence-electron chi connectivity index (χ4n) is 2.52. The third-order valence-electron chi connectivity index (χ3n) is 3.67. The minimum atomic E-state index is -0.616. The van der Waals surface area contributed by atoms with Crippen LogP contribution in [0.15, 0.2) is 40.2 Å². The summed E-state index contributed by atoms with van der Waals surface area (Å²) >= 11 is 0. The van der Waals surface area contributed by atoms with Crippen LogP contribution < -0.4 is 21.5 Å². The van der Waals surface area contributed by atoms with Crippen molar-refractivity contribution in [3.8, 4) is 0 Å². The van der Waals surface area contributed by atoms with Gasteiger partial charge >= 0.3 is 5.69 Å². The van der Waals surface area contributed by atoms with Crippen LogP contribution >= 0.6 is 0 Å². The highest BCUT2D eigenvalue weighted by Gasteiger charge is 2.13. The van der Waals surface area contributed by atoms with Gasteiger partial charge in [0.1, 0.15) is 12.4 Å². The van der Waals surface area contributed by atoms with Crippen LogP contribution in [-0.4, -0.2) is 33.5 Å². The quantitative estimate of drug-likeness (QED) is 0.838. The molecule has 3 rings (SSSR count). The van der Waals surface area contributed by atoms with Gasteiger partial charge in [0.25, 0.3) is 5.56 Å². The molecular formula is C15H17N5O3. The zero-order valence-electron chi connectivity index (χ0n) is 12.5. The highest BCUT2D eigenvalue weighted by Crippen LogP contribution is 2.18. The summed E-state index contributed by atoms with van der Waals surface area (Å²) in [4.78, 5) is 43.1. The summed E-state index contributed by atoms with van der Waals surface area (Å²) in [6, 6.07) is 4.85. The average Bonchev–Trinajstić information content (AvgIpc) is 3.05. The lowest BCUT2D eigenvalue weighted by Gasteiger charge is -2.16. The molecule has 0 spiro atoms. The van der Waals surface area contributed by atoms with E-state index < -0.39 is 11.2 Å². The van der Waals surface area contributed by atoms with Crippen molar-refractivity contribution in [1.29, 1.82) is 0 Å². The van der Waals surface area contributed by atoms with E-state index in [1.165, 1.54) is 25.1 Å². The molecule has 1 saturated heterocycles. The molecule has 8 nitrogen and oxygen atoms in total. The number of hydrogen-bond donors (Lipinski definition) is 2. The normalized spacial score (nSPS) is 14.0. The number of H-pyrrole nitrogens is 1. The van der Waals surface area contributed by atoms with E-state index in [4.69, 9.17) is 0 Å². The van der Waals surface area contributed by atoms with Gasteiger partial charge in [0.15, 0.2) is 0 Å². The molecule has 1 aliphatic rings. The molecule has 23 heavy (non-hydrogen) atoms. The Morgan fingerprint density at radius 3 is 2.65 bits per heavy atom. The molecule has 0 radical (unpaired) electrons. The van der Waals surface area contributed by atoms with Crippen LogP contribution in [-0.2, 0) is 11.3 Å². The molecule has 0 unspecified atom stereocenters. The Kier molecular flexibility index (Phi) is 4.22. The largest absolute Gasteiger partial charge is 0.357 e. The first-order chi connectivity index (χ1) is 11.1. The van der Waals surface area contributed by atoms with Crippen molar-refractivity contribution in [1.82, 2.24) is 14.5 Å². The van der Waals surface area contributed by atoms with E-state index in [0.29, 0.717) is 5.69 Å². The van der Waals surface area contributed by atoms with Crippen LogP contribution in [0.25, 0.3) is 0 Å². The zero-order chi connectivity index (χ0) is 16.2. The molecular weight excluding hydrogens is 298 g/mol. The number of aromatic nitrogens is 3. The van der Waals surface area contributed by atoms with Gasteiger partial charge in [-0.05, 0) is 25.0 Å². The summed E-state index contributed by atoms with van der Waals surface area (Å²) in [5.74, 6) is 0.534. The molecule has 8 heteroatoms. The number of hydrogen-bond acceptors (Lipinski definition) is 5. The van der Waals surface area contributed by atoms with Crippen LogP contribution in [0.3, 0.4) is 0 Å². The molecule has 0 atom stereocenters. The van der Waals surface area contributed by atoms with Gasteiger partial charge in [-0.15, -0.1) is 0 Å². The summed E-state index contributed by atoms with van der Waals surface area (Å²) < 4.78 is 1.13. The molecule has 0 bridgehead atoms. The number of nitrogens with zero attached hydrogens (tertiary/aromatic N) is 3. The predicted octanol–water partition coefficient (Wildman–Crippen LogP) is 0.170. The zero-order valence-corrected chi connectivity index (χ0v) is 12.5. The van der Waals surface area contributed by atoms with Crippen LogP contribution in [0.2, 0.25) is 0 Å². The van der Waals surface area contributed by atoms with E-state index in [1.54, 1.807) is 12.3 Å². The maximum Gasteiger partial charge on any atom is 0.328 e. The van der Waals surface area contributed by atoms with Crippen LogP contribution in [0, 0.1) is 0 Å². The fourth-order valence-corrected chi connectivity index (χ4v) is 2.52. The van der Waals surface area contributed by atoms with Crippen molar-refractivity contribution in [2.24, 2.45) is 0 Å². The van der Waals surface area contributed by atoms with E-state index >= 15 is 0 Å². The van der Waals surface area contributed by atoms with Gasteiger partial charge in [0.05, 0.1) is 11.9 Å². The highest BCUT2D eigenvalue weighted by atomic mass is 16.2. The maximum atomic E-state index is 12.0. The summed E-state index contributed by atoms with van der Waals surface area (Å²) in [5, 5.41) is 2.68. The third kappa shape index (κ3) is 3.65. The van der Waals surface area contributed by atoms with Crippen molar-refractivity contribution < 1.29 is 4.79 Å². The topological polar surface area (TPSA) is 100 Å². The van der Waals surface area contributed by atoms with E-state index in [0.717, 1.165) is 23.5 Å². The molecule has 2 aromatic rings.